The van der Waals surface area contributed by atoms with Gasteiger partial charge >= 0.3 is 0 Å². The van der Waals surface area contributed by atoms with Gasteiger partial charge in [0, 0.05) is 11.0 Å². The van der Waals surface area contributed by atoms with E-state index in [0.717, 1.165) is 12.5 Å². The van der Waals surface area contributed by atoms with Crippen molar-refractivity contribution < 1.29 is 0 Å². The van der Waals surface area contributed by atoms with Crippen LogP contribution < -0.4 is 0 Å². The van der Waals surface area contributed by atoms with Gasteiger partial charge in [-0.05, 0) is 49.5 Å². The molecule has 0 aliphatic carbocycles. The van der Waals surface area contributed by atoms with Gasteiger partial charge in [-0.15, -0.1) is 0 Å². The summed E-state index contributed by atoms with van der Waals surface area (Å²) in [5.41, 5.74) is 1.42. The third kappa shape index (κ3) is 3.33. The van der Waals surface area contributed by atoms with Crippen LogP contribution >= 0.6 is 15.9 Å². The zero-order valence-electron chi connectivity index (χ0n) is 9.95. The van der Waals surface area contributed by atoms with E-state index in [1.54, 1.807) is 0 Å². The molecule has 0 unspecified atom stereocenters. The Balaban J connectivity index is 1.87. The van der Waals surface area contributed by atoms with Crippen LogP contribution in [-0.4, -0.2) is 18.0 Å². The van der Waals surface area contributed by atoms with E-state index in [0.29, 0.717) is 0 Å². The van der Waals surface area contributed by atoms with Gasteiger partial charge < -0.3 is 0 Å². The van der Waals surface area contributed by atoms with Crippen LogP contribution in [0.3, 0.4) is 0 Å². The van der Waals surface area contributed by atoms with Crippen molar-refractivity contribution in [2.45, 2.75) is 32.7 Å². The second-order valence-corrected chi connectivity index (χ2v) is 5.67. The van der Waals surface area contributed by atoms with Gasteiger partial charge in [-0.1, -0.05) is 41.4 Å². The van der Waals surface area contributed by atoms with Crippen molar-refractivity contribution in [3.8, 4) is 0 Å². The first-order valence-electron chi connectivity index (χ1n) is 6.24. The second kappa shape index (κ2) is 5.83. The fourth-order valence-electron chi connectivity index (χ4n) is 2.45. The standard InChI is InChI=1S/C14H20BrN/c1-2-12-6-8-16(9-7-12)11-13-4-3-5-14(15)10-13/h3-5,10,12H,2,6-9,11H2,1H3. The predicted octanol–water partition coefficient (Wildman–Crippen LogP) is 4.07. The van der Waals surface area contributed by atoms with Crippen LogP contribution in [0.25, 0.3) is 0 Å². The Morgan fingerprint density at radius 3 is 2.69 bits per heavy atom. The first-order valence-corrected chi connectivity index (χ1v) is 7.04. The number of rotatable bonds is 3. The molecule has 0 atom stereocenters. The molecule has 0 spiro atoms. The van der Waals surface area contributed by atoms with Crippen LogP contribution in [0.15, 0.2) is 28.7 Å². The highest BCUT2D eigenvalue weighted by atomic mass is 79.9. The number of benzene rings is 1. The maximum atomic E-state index is 3.53. The van der Waals surface area contributed by atoms with Gasteiger partial charge in [0.15, 0.2) is 0 Å². The van der Waals surface area contributed by atoms with Crippen molar-refractivity contribution in [3.63, 3.8) is 0 Å². The fraction of sp³-hybridized carbons (Fsp3) is 0.571. The van der Waals surface area contributed by atoms with Crippen molar-refractivity contribution >= 4 is 15.9 Å². The average molecular weight is 282 g/mol. The molecule has 1 aromatic carbocycles. The summed E-state index contributed by atoms with van der Waals surface area (Å²) in [7, 11) is 0. The predicted molar refractivity (Wildman–Crippen MR) is 72.4 cm³/mol. The fourth-order valence-corrected chi connectivity index (χ4v) is 2.89. The van der Waals surface area contributed by atoms with Gasteiger partial charge in [0.2, 0.25) is 0 Å². The molecular formula is C14H20BrN. The van der Waals surface area contributed by atoms with Gasteiger partial charge in [0.05, 0.1) is 0 Å². The molecule has 1 aromatic rings. The lowest BCUT2D eigenvalue weighted by Gasteiger charge is -2.31. The van der Waals surface area contributed by atoms with E-state index in [1.807, 2.05) is 0 Å². The lowest BCUT2D eigenvalue weighted by molar-refractivity contribution is 0.175. The van der Waals surface area contributed by atoms with Crippen LogP contribution in [0, 0.1) is 5.92 Å². The largest absolute Gasteiger partial charge is 0.299 e. The first kappa shape index (κ1) is 12.1. The smallest absolute Gasteiger partial charge is 0.0234 e. The number of hydrogen-bond donors (Lipinski definition) is 0. The molecule has 0 amide bonds. The summed E-state index contributed by atoms with van der Waals surface area (Å²) in [6.07, 6.45) is 4.11. The van der Waals surface area contributed by atoms with Crippen LogP contribution in [0.1, 0.15) is 31.7 Å². The Kier molecular flexibility index (Phi) is 4.42. The van der Waals surface area contributed by atoms with Crippen LogP contribution in [0.2, 0.25) is 0 Å². The van der Waals surface area contributed by atoms with Gasteiger partial charge in [0.25, 0.3) is 0 Å². The van der Waals surface area contributed by atoms with Crippen LogP contribution in [0.4, 0.5) is 0 Å². The van der Waals surface area contributed by atoms with E-state index < -0.39 is 0 Å². The summed E-state index contributed by atoms with van der Waals surface area (Å²) >= 11 is 3.53. The molecule has 0 radical (unpaired) electrons. The van der Waals surface area contributed by atoms with E-state index in [9.17, 15) is 0 Å². The van der Waals surface area contributed by atoms with Crippen molar-refractivity contribution in [3.05, 3.63) is 34.3 Å². The maximum Gasteiger partial charge on any atom is 0.0234 e. The molecule has 88 valence electrons. The summed E-state index contributed by atoms with van der Waals surface area (Å²) in [4.78, 5) is 2.58. The molecule has 1 fully saturated rings. The topological polar surface area (TPSA) is 3.24 Å². The Morgan fingerprint density at radius 1 is 1.31 bits per heavy atom. The molecular weight excluding hydrogens is 262 g/mol. The molecule has 1 nitrogen and oxygen atoms in total. The minimum Gasteiger partial charge on any atom is -0.299 e. The minimum absolute atomic E-state index is 0.971. The third-order valence-corrected chi connectivity index (χ3v) is 4.07. The molecule has 1 heterocycles. The summed E-state index contributed by atoms with van der Waals surface area (Å²) in [6, 6.07) is 8.66. The molecule has 1 saturated heterocycles. The Hall–Kier alpha value is -0.340. The number of nitrogens with zero attached hydrogens (tertiary/aromatic N) is 1. The zero-order chi connectivity index (χ0) is 11.4. The van der Waals surface area contributed by atoms with E-state index in [-0.39, 0.29) is 0 Å². The van der Waals surface area contributed by atoms with Gasteiger partial charge in [-0.3, -0.25) is 4.90 Å². The number of piperidine rings is 1. The van der Waals surface area contributed by atoms with Crippen molar-refractivity contribution in [1.29, 1.82) is 0 Å². The van der Waals surface area contributed by atoms with E-state index >= 15 is 0 Å². The monoisotopic (exact) mass is 281 g/mol. The Labute approximate surface area is 107 Å². The van der Waals surface area contributed by atoms with Crippen molar-refractivity contribution in [2.75, 3.05) is 13.1 Å². The molecule has 2 rings (SSSR count). The van der Waals surface area contributed by atoms with Gasteiger partial charge in [-0.25, -0.2) is 0 Å². The molecule has 2 heteroatoms. The molecule has 0 bridgehead atoms. The van der Waals surface area contributed by atoms with E-state index in [2.05, 4.69) is 52.0 Å². The molecule has 0 aromatic heterocycles. The number of likely N-dealkylation sites (tertiary alicyclic amines) is 1. The third-order valence-electron chi connectivity index (χ3n) is 3.58. The normalized spacial score (nSPS) is 18.9. The highest BCUT2D eigenvalue weighted by molar-refractivity contribution is 9.10. The molecule has 0 saturated carbocycles. The lowest BCUT2D eigenvalue weighted by Crippen LogP contribution is -2.32. The lowest BCUT2D eigenvalue weighted by atomic mass is 9.94. The highest BCUT2D eigenvalue weighted by Gasteiger charge is 2.17. The highest BCUT2D eigenvalue weighted by Crippen LogP contribution is 2.22. The maximum absolute atomic E-state index is 3.53. The van der Waals surface area contributed by atoms with E-state index in [4.69, 9.17) is 0 Å². The SMILES string of the molecule is CCC1CCN(Cc2cccc(Br)c2)CC1. The summed E-state index contributed by atoms with van der Waals surface area (Å²) in [5, 5.41) is 0. The van der Waals surface area contributed by atoms with Crippen molar-refractivity contribution in [2.24, 2.45) is 5.92 Å². The van der Waals surface area contributed by atoms with E-state index in [1.165, 1.54) is 42.4 Å². The quantitative estimate of drug-likeness (QED) is 0.807. The molecule has 1 aliphatic rings. The van der Waals surface area contributed by atoms with Crippen LogP contribution in [-0.2, 0) is 6.54 Å². The summed E-state index contributed by atoms with van der Waals surface area (Å²) in [5.74, 6) is 0.971. The number of halogens is 1. The average Bonchev–Trinajstić information content (AvgIpc) is 2.30. The Morgan fingerprint density at radius 2 is 2.06 bits per heavy atom. The first-order chi connectivity index (χ1) is 7.78. The summed E-state index contributed by atoms with van der Waals surface area (Å²) in [6.45, 7) is 5.96. The number of hydrogen-bond acceptors (Lipinski definition) is 1. The second-order valence-electron chi connectivity index (χ2n) is 4.76. The molecule has 16 heavy (non-hydrogen) atoms. The van der Waals surface area contributed by atoms with Gasteiger partial charge in [0.1, 0.15) is 0 Å². The van der Waals surface area contributed by atoms with Crippen LogP contribution in [0.5, 0.6) is 0 Å². The Bertz CT molecular complexity index is 329. The van der Waals surface area contributed by atoms with Crippen molar-refractivity contribution in [1.82, 2.24) is 4.90 Å². The van der Waals surface area contributed by atoms with Gasteiger partial charge in [-0.2, -0.15) is 0 Å². The summed E-state index contributed by atoms with van der Waals surface area (Å²) < 4.78 is 1.19. The zero-order valence-corrected chi connectivity index (χ0v) is 11.5. The molecule has 1 aliphatic heterocycles. The molecule has 0 N–H and O–H groups in total. The minimum atomic E-state index is 0.971.